The molecule has 0 saturated carbocycles. The fraction of sp³-hybridized carbons (Fsp3) is 0.0714. The molecule has 1 amide bonds. The second-order valence-corrected chi connectivity index (χ2v) is 7.15. The van der Waals surface area contributed by atoms with Gasteiger partial charge < -0.3 is 4.74 Å². The number of amides is 1. The quantitative estimate of drug-likeness (QED) is 0.855. The van der Waals surface area contributed by atoms with Crippen LogP contribution in [0.2, 0.25) is 10.0 Å². The minimum Gasteiger partial charge on any atom is -0.453 e. The number of carbonyl (C=O) groups is 1. The van der Waals surface area contributed by atoms with Crippen LogP contribution < -0.4 is 9.46 Å². The van der Waals surface area contributed by atoms with Crippen LogP contribution in [0, 0.1) is 11.6 Å². The number of hydrogen-bond donors (Lipinski definition) is 1. The van der Waals surface area contributed by atoms with Gasteiger partial charge in [-0.25, -0.2) is 21.9 Å². The van der Waals surface area contributed by atoms with Gasteiger partial charge in [0, 0.05) is 6.07 Å². The summed E-state index contributed by atoms with van der Waals surface area (Å²) in [5.41, 5.74) is -0.789. The average molecular weight is 396 g/mol. The third kappa shape index (κ3) is 4.34. The van der Waals surface area contributed by atoms with E-state index in [1.165, 1.54) is 22.9 Å². The summed E-state index contributed by atoms with van der Waals surface area (Å²) in [6.07, 6.45) is 0.706. The molecule has 5 nitrogen and oxygen atoms in total. The molecule has 0 aromatic heterocycles. The molecule has 0 aliphatic carbocycles. The minimum atomic E-state index is -3.92. The highest BCUT2D eigenvalue weighted by molar-refractivity contribution is 7.89. The number of hydrogen-bond acceptors (Lipinski definition) is 4. The molecular weight excluding hydrogens is 387 g/mol. The summed E-state index contributed by atoms with van der Waals surface area (Å²) in [6.45, 7) is 0. The standard InChI is InChI=1S/C14H9Cl2F2NO4S/c1-24(21,22)19-14(20)7-5-10(18)12(6-9(7)17)23-11-4-2-3-8(15)13(11)16/h2-6H,1H3,(H,19,20). The molecule has 0 aliphatic rings. The Balaban J connectivity index is 2.36. The first-order valence-electron chi connectivity index (χ1n) is 6.21. The average Bonchev–Trinajstić information content (AvgIpc) is 2.45. The zero-order chi connectivity index (χ0) is 18.1. The smallest absolute Gasteiger partial charge is 0.267 e. The molecule has 0 atom stereocenters. The van der Waals surface area contributed by atoms with Crippen molar-refractivity contribution in [2.24, 2.45) is 0 Å². The molecule has 2 aromatic rings. The fourth-order valence-corrected chi connectivity index (χ4v) is 2.46. The number of benzene rings is 2. The summed E-state index contributed by atoms with van der Waals surface area (Å²) in [5.74, 6) is -4.14. The van der Waals surface area contributed by atoms with Crippen LogP contribution in [0.1, 0.15) is 10.4 Å². The molecule has 0 spiro atoms. The Kier molecular flexibility index (Phi) is 5.32. The van der Waals surface area contributed by atoms with Crippen molar-refractivity contribution in [3.8, 4) is 11.5 Å². The van der Waals surface area contributed by atoms with E-state index in [0.29, 0.717) is 18.4 Å². The second-order valence-electron chi connectivity index (χ2n) is 4.62. The molecule has 0 bridgehead atoms. The predicted molar refractivity (Wildman–Crippen MR) is 85.2 cm³/mol. The maximum atomic E-state index is 14.0. The molecule has 2 aromatic carbocycles. The van der Waals surface area contributed by atoms with Crippen molar-refractivity contribution in [1.82, 2.24) is 4.72 Å². The van der Waals surface area contributed by atoms with Crippen molar-refractivity contribution < 1.29 is 26.7 Å². The highest BCUT2D eigenvalue weighted by atomic mass is 35.5. The summed E-state index contributed by atoms with van der Waals surface area (Å²) < 4.78 is 56.7. The molecule has 128 valence electrons. The Labute approximate surface area is 146 Å². The van der Waals surface area contributed by atoms with E-state index in [1.54, 1.807) is 0 Å². The van der Waals surface area contributed by atoms with Gasteiger partial charge in [0.1, 0.15) is 16.6 Å². The third-order valence-electron chi connectivity index (χ3n) is 2.68. The van der Waals surface area contributed by atoms with E-state index in [-0.39, 0.29) is 15.8 Å². The van der Waals surface area contributed by atoms with Crippen molar-refractivity contribution in [3.05, 3.63) is 57.6 Å². The maximum absolute atomic E-state index is 14.0. The zero-order valence-electron chi connectivity index (χ0n) is 11.9. The summed E-state index contributed by atoms with van der Waals surface area (Å²) in [4.78, 5) is 11.6. The van der Waals surface area contributed by atoms with Crippen LogP contribution in [0.4, 0.5) is 8.78 Å². The van der Waals surface area contributed by atoms with E-state index in [4.69, 9.17) is 27.9 Å². The third-order valence-corrected chi connectivity index (χ3v) is 4.04. The van der Waals surface area contributed by atoms with E-state index in [0.717, 1.165) is 0 Å². The Morgan fingerprint density at radius 2 is 1.79 bits per heavy atom. The van der Waals surface area contributed by atoms with E-state index < -0.39 is 38.9 Å². The first-order chi connectivity index (χ1) is 11.1. The molecule has 0 aliphatic heterocycles. The van der Waals surface area contributed by atoms with Gasteiger partial charge in [-0.1, -0.05) is 29.3 Å². The van der Waals surface area contributed by atoms with Crippen molar-refractivity contribution in [2.75, 3.05) is 6.26 Å². The summed E-state index contributed by atoms with van der Waals surface area (Å²) in [6, 6.07) is 5.47. The summed E-state index contributed by atoms with van der Waals surface area (Å²) >= 11 is 11.7. The van der Waals surface area contributed by atoms with E-state index in [1.807, 2.05) is 0 Å². The lowest BCUT2D eigenvalue weighted by Gasteiger charge is -2.11. The number of halogens is 4. The maximum Gasteiger partial charge on any atom is 0.267 e. The van der Waals surface area contributed by atoms with Crippen LogP contribution in [0.25, 0.3) is 0 Å². The van der Waals surface area contributed by atoms with Crippen LogP contribution in [0.15, 0.2) is 30.3 Å². The van der Waals surface area contributed by atoms with Crippen LogP contribution >= 0.6 is 23.2 Å². The first-order valence-corrected chi connectivity index (χ1v) is 8.86. The molecular formula is C14H9Cl2F2NO4S. The number of nitrogens with one attached hydrogen (secondary N) is 1. The highest BCUT2D eigenvalue weighted by Gasteiger charge is 2.20. The predicted octanol–water partition coefficient (Wildman–Crippen LogP) is 3.75. The van der Waals surface area contributed by atoms with Crippen LogP contribution in [-0.2, 0) is 10.0 Å². The van der Waals surface area contributed by atoms with Gasteiger partial charge >= 0.3 is 0 Å². The van der Waals surface area contributed by atoms with Crippen molar-refractivity contribution >= 4 is 39.1 Å². The van der Waals surface area contributed by atoms with Gasteiger partial charge in [-0.2, -0.15) is 0 Å². The van der Waals surface area contributed by atoms with Gasteiger partial charge in [0.15, 0.2) is 11.6 Å². The lowest BCUT2D eigenvalue weighted by atomic mass is 10.2. The number of sulfonamides is 1. The van der Waals surface area contributed by atoms with Crippen LogP contribution in [0.5, 0.6) is 11.5 Å². The van der Waals surface area contributed by atoms with Crippen molar-refractivity contribution in [3.63, 3.8) is 0 Å². The number of rotatable bonds is 4. The molecule has 24 heavy (non-hydrogen) atoms. The molecule has 0 fully saturated rings. The largest absolute Gasteiger partial charge is 0.453 e. The van der Waals surface area contributed by atoms with E-state index >= 15 is 0 Å². The van der Waals surface area contributed by atoms with Gasteiger partial charge in [-0.05, 0) is 18.2 Å². The normalized spacial score (nSPS) is 11.2. The minimum absolute atomic E-state index is 0.00197. The van der Waals surface area contributed by atoms with E-state index in [9.17, 15) is 22.0 Å². The Bertz CT molecular complexity index is 919. The molecule has 2 rings (SSSR count). The van der Waals surface area contributed by atoms with Crippen molar-refractivity contribution in [1.29, 1.82) is 0 Å². The molecule has 0 unspecified atom stereocenters. The molecule has 10 heteroatoms. The van der Waals surface area contributed by atoms with Gasteiger partial charge in [0.2, 0.25) is 10.0 Å². The zero-order valence-corrected chi connectivity index (χ0v) is 14.3. The van der Waals surface area contributed by atoms with Gasteiger partial charge in [0.25, 0.3) is 5.91 Å². The van der Waals surface area contributed by atoms with Gasteiger partial charge in [-0.15, -0.1) is 0 Å². The Morgan fingerprint density at radius 3 is 2.42 bits per heavy atom. The molecule has 0 saturated heterocycles. The van der Waals surface area contributed by atoms with Crippen LogP contribution in [-0.4, -0.2) is 20.6 Å². The SMILES string of the molecule is CS(=O)(=O)NC(=O)c1cc(F)c(Oc2cccc(Cl)c2Cl)cc1F. The Hall–Kier alpha value is -1.90. The molecule has 0 radical (unpaired) electrons. The first kappa shape index (κ1) is 18.4. The van der Waals surface area contributed by atoms with E-state index in [2.05, 4.69) is 0 Å². The summed E-state index contributed by atoms with van der Waals surface area (Å²) in [5, 5.41) is 0.150. The fourth-order valence-electron chi connectivity index (χ4n) is 1.69. The van der Waals surface area contributed by atoms with Crippen molar-refractivity contribution in [2.45, 2.75) is 0 Å². The number of ether oxygens (including phenoxy) is 1. The lowest BCUT2D eigenvalue weighted by molar-refractivity contribution is 0.0977. The summed E-state index contributed by atoms with van der Waals surface area (Å²) in [7, 11) is -3.92. The molecule has 1 N–H and O–H groups in total. The number of carbonyl (C=O) groups excluding carboxylic acids is 1. The van der Waals surface area contributed by atoms with Crippen LogP contribution in [0.3, 0.4) is 0 Å². The second kappa shape index (κ2) is 6.92. The Morgan fingerprint density at radius 1 is 1.12 bits per heavy atom. The van der Waals surface area contributed by atoms with Gasteiger partial charge in [-0.3, -0.25) is 4.79 Å². The lowest BCUT2D eigenvalue weighted by Crippen LogP contribution is -2.30. The topological polar surface area (TPSA) is 72.5 Å². The highest BCUT2D eigenvalue weighted by Crippen LogP contribution is 2.36. The monoisotopic (exact) mass is 395 g/mol. The van der Waals surface area contributed by atoms with Gasteiger partial charge in [0.05, 0.1) is 16.8 Å². The molecule has 0 heterocycles.